The Balaban J connectivity index is 1.13. The van der Waals surface area contributed by atoms with Gasteiger partial charge in [-0.2, -0.15) is 10.2 Å². The highest BCUT2D eigenvalue weighted by molar-refractivity contribution is 7.17. The molecule has 10 heteroatoms. The predicted octanol–water partition coefficient (Wildman–Crippen LogP) is 3.90. The van der Waals surface area contributed by atoms with Crippen molar-refractivity contribution in [2.24, 2.45) is 0 Å². The summed E-state index contributed by atoms with van der Waals surface area (Å²) < 4.78 is 0. The molecule has 0 radical (unpaired) electrons. The number of hydrogen-bond acceptors (Lipinski definition) is 10. The van der Waals surface area contributed by atoms with E-state index >= 15 is 0 Å². The number of rotatable bonds is 10. The Kier molecular flexibility index (Phi) is 7.88. The molecule has 38 heavy (non-hydrogen) atoms. The standard InChI is InChI=1S/C28H29N7O2S/c1-18-5-3-7-21(29-18)10-12-26(37)27-33-34-28(38-27)35-14-13-20(17-35)25-11-9-23(31-32-25)16-24(36)15-22-8-4-6-19(2)30-22/h3-9,11,20H,10,12-17H2,1-2H3. The van der Waals surface area contributed by atoms with Crippen LogP contribution in [-0.2, 0) is 24.1 Å². The Morgan fingerprint density at radius 1 is 0.868 bits per heavy atom. The van der Waals surface area contributed by atoms with Crippen LogP contribution in [0.2, 0.25) is 0 Å². The van der Waals surface area contributed by atoms with Gasteiger partial charge < -0.3 is 4.90 Å². The van der Waals surface area contributed by atoms with E-state index in [9.17, 15) is 9.59 Å². The first-order valence-electron chi connectivity index (χ1n) is 12.7. The van der Waals surface area contributed by atoms with Gasteiger partial charge in [0, 0.05) is 54.6 Å². The highest BCUT2D eigenvalue weighted by Crippen LogP contribution is 2.31. The van der Waals surface area contributed by atoms with Crippen molar-refractivity contribution in [3.63, 3.8) is 0 Å². The van der Waals surface area contributed by atoms with Gasteiger partial charge >= 0.3 is 0 Å². The molecule has 1 unspecified atom stereocenters. The SMILES string of the molecule is Cc1cccc(CCC(=O)c2nnc(N3CCC(c4ccc(CC(=O)Cc5cccc(C)n5)nn4)C3)s2)n1. The van der Waals surface area contributed by atoms with Crippen molar-refractivity contribution in [3.05, 3.63) is 87.7 Å². The van der Waals surface area contributed by atoms with Gasteiger partial charge in [-0.15, -0.1) is 10.2 Å². The summed E-state index contributed by atoms with van der Waals surface area (Å²) >= 11 is 1.34. The molecule has 5 heterocycles. The summed E-state index contributed by atoms with van der Waals surface area (Å²) in [6.07, 6.45) is 2.39. The fourth-order valence-electron chi connectivity index (χ4n) is 4.57. The molecule has 0 saturated carbocycles. The van der Waals surface area contributed by atoms with E-state index in [1.165, 1.54) is 11.3 Å². The van der Waals surface area contributed by atoms with E-state index in [2.05, 4.69) is 35.3 Å². The average molecular weight is 528 g/mol. The van der Waals surface area contributed by atoms with E-state index < -0.39 is 0 Å². The lowest BCUT2D eigenvalue weighted by atomic mass is 10.0. The minimum absolute atomic E-state index is 0.0121. The third-order valence-electron chi connectivity index (χ3n) is 6.53. The third kappa shape index (κ3) is 6.49. The number of carbonyl (C=O) groups is 2. The van der Waals surface area contributed by atoms with Gasteiger partial charge in [0.25, 0.3) is 0 Å². The maximum atomic E-state index is 12.7. The molecule has 1 saturated heterocycles. The molecule has 0 amide bonds. The van der Waals surface area contributed by atoms with Crippen LogP contribution in [0.3, 0.4) is 0 Å². The Morgan fingerprint density at radius 2 is 1.61 bits per heavy atom. The molecule has 9 nitrogen and oxygen atoms in total. The molecule has 0 N–H and O–H groups in total. The van der Waals surface area contributed by atoms with Crippen molar-refractivity contribution in [1.29, 1.82) is 0 Å². The second-order valence-corrected chi connectivity index (χ2v) is 10.6. The lowest BCUT2D eigenvalue weighted by Crippen LogP contribution is -2.19. The maximum Gasteiger partial charge on any atom is 0.208 e. The Morgan fingerprint density at radius 3 is 2.34 bits per heavy atom. The van der Waals surface area contributed by atoms with Crippen LogP contribution in [0.4, 0.5) is 5.13 Å². The summed E-state index contributed by atoms with van der Waals surface area (Å²) in [6, 6.07) is 15.4. The third-order valence-corrected chi connectivity index (χ3v) is 7.55. The number of pyridine rings is 2. The molecule has 5 rings (SSSR count). The van der Waals surface area contributed by atoms with E-state index in [1.54, 1.807) is 0 Å². The normalized spacial score (nSPS) is 15.1. The fourth-order valence-corrected chi connectivity index (χ4v) is 5.41. The zero-order chi connectivity index (χ0) is 26.5. The Hall–Kier alpha value is -3.92. The van der Waals surface area contributed by atoms with Gasteiger partial charge in [0.15, 0.2) is 10.8 Å². The van der Waals surface area contributed by atoms with E-state index in [0.29, 0.717) is 23.5 Å². The van der Waals surface area contributed by atoms with Gasteiger partial charge in [0.05, 0.1) is 17.8 Å². The van der Waals surface area contributed by atoms with Crippen molar-refractivity contribution in [1.82, 2.24) is 30.4 Å². The summed E-state index contributed by atoms with van der Waals surface area (Å²) in [5, 5.41) is 18.4. The monoisotopic (exact) mass is 527 g/mol. The Bertz CT molecular complexity index is 1440. The number of hydrogen-bond donors (Lipinski definition) is 0. The van der Waals surface area contributed by atoms with Crippen LogP contribution in [0.5, 0.6) is 0 Å². The lowest BCUT2D eigenvalue weighted by Gasteiger charge is -2.13. The average Bonchev–Trinajstić information content (AvgIpc) is 3.58. The number of nitrogens with zero attached hydrogens (tertiary/aromatic N) is 7. The first-order chi connectivity index (χ1) is 18.4. The van der Waals surface area contributed by atoms with Crippen molar-refractivity contribution in [3.8, 4) is 0 Å². The van der Waals surface area contributed by atoms with Crippen LogP contribution in [0, 0.1) is 13.8 Å². The maximum absolute atomic E-state index is 12.7. The summed E-state index contributed by atoms with van der Waals surface area (Å²) in [7, 11) is 0. The second kappa shape index (κ2) is 11.6. The van der Waals surface area contributed by atoms with Crippen molar-refractivity contribution >= 4 is 28.0 Å². The summed E-state index contributed by atoms with van der Waals surface area (Å²) in [4.78, 5) is 36.1. The molecular weight excluding hydrogens is 498 g/mol. The smallest absolute Gasteiger partial charge is 0.208 e. The van der Waals surface area contributed by atoms with Crippen LogP contribution >= 0.6 is 11.3 Å². The molecular formula is C28H29N7O2S. The van der Waals surface area contributed by atoms with Gasteiger partial charge in [-0.3, -0.25) is 19.6 Å². The first kappa shape index (κ1) is 25.7. The number of anilines is 1. The minimum Gasteiger partial charge on any atom is -0.346 e. The molecule has 0 aliphatic carbocycles. The van der Waals surface area contributed by atoms with Crippen molar-refractivity contribution in [2.45, 2.75) is 51.9 Å². The molecule has 1 fully saturated rings. The van der Waals surface area contributed by atoms with Gasteiger partial charge in [-0.25, -0.2) is 0 Å². The number of aryl methyl sites for hydroxylation is 3. The molecule has 0 bridgehead atoms. The van der Waals surface area contributed by atoms with Crippen LogP contribution in [0.25, 0.3) is 0 Å². The molecule has 1 atom stereocenters. The van der Waals surface area contributed by atoms with Crippen molar-refractivity contribution < 1.29 is 9.59 Å². The van der Waals surface area contributed by atoms with E-state index in [1.807, 2.05) is 62.4 Å². The highest BCUT2D eigenvalue weighted by Gasteiger charge is 2.28. The van der Waals surface area contributed by atoms with Crippen LogP contribution in [-0.4, -0.2) is 55.0 Å². The highest BCUT2D eigenvalue weighted by atomic mass is 32.1. The number of Topliss-reactive ketones (excluding diaryl/α,β-unsaturated/α-hetero) is 2. The number of aromatic nitrogens is 6. The summed E-state index contributed by atoms with van der Waals surface area (Å²) in [6.45, 7) is 5.41. The van der Waals surface area contributed by atoms with Crippen LogP contribution in [0.1, 0.15) is 62.7 Å². The van der Waals surface area contributed by atoms with Gasteiger partial charge in [0.1, 0.15) is 5.78 Å². The number of carbonyl (C=O) groups excluding carboxylic acids is 2. The topological polar surface area (TPSA) is 115 Å². The van der Waals surface area contributed by atoms with Crippen molar-refractivity contribution in [2.75, 3.05) is 18.0 Å². The summed E-state index contributed by atoms with van der Waals surface area (Å²) in [5.74, 6) is 0.259. The molecule has 194 valence electrons. The van der Waals surface area contributed by atoms with E-state index in [-0.39, 0.29) is 30.3 Å². The van der Waals surface area contributed by atoms with E-state index in [0.717, 1.165) is 53.1 Å². The number of ketones is 2. The van der Waals surface area contributed by atoms with Crippen LogP contribution < -0.4 is 4.90 Å². The quantitative estimate of drug-likeness (QED) is 0.283. The van der Waals surface area contributed by atoms with Gasteiger partial charge in [-0.1, -0.05) is 23.5 Å². The molecule has 4 aromatic rings. The predicted molar refractivity (Wildman–Crippen MR) is 145 cm³/mol. The molecule has 0 spiro atoms. The molecule has 4 aromatic heterocycles. The first-order valence-corrected chi connectivity index (χ1v) is 13.6. The second-order valence-electron chi connectivity index (χ2n) is 9.63. The van der Waals surface area contributed by atoms with Crippen LogP contribution in [0.15, 0.2) is 48.5 Å². The Labute approximate surface area is 225 Å². The molecule has 1 aliphatic rings. The molecule has 0 aromatic carbocycles. The zero-order valence-electron chi connectivity index (χ0n) is 21.5. The molecule has 1 aliphatic heterocycles. The zero-order valence-corrected chi connectivity index (χ0v) is 22.3. The van der Waals surface area contributed by atoms with Gasteiger partial charge in [0.2, 0.25) is 5.13 Å². The van der Waals surface area contributed by atoms with Gasteiger partial charge in [-0.05, 0) is 63.1 Å². The summed E-state index contributed by atoms with van der Waals surface area (Å²) in [5.41, 5.74) is 5.09. The van der Waals surface area contributed by atoms with E-state index in [4.69, 9.17) is 0 Å². The largest absolute Gasteiger partial charge is 0.346 e. The minimum atomic E-state index is -0.0121. The lowest BCUT2D eigenvalue weighted by molar-refractivity contribution is -0.117. The fraction of sp³-hybridized carbons (Fsp3) is 0.357.